The number of aromatic nitrogens is 1. The second kappa shape index (κ2) is 6.79. The minimum absolute atomic E-state index is 0.0862. The van der Waals surface area contributed by atoms with E-state index in [0.717, 1.165) is 11.3 Å². The lowest BCUT2D eigenvalue weighted by molar-refractivity contribution is -0.114. The number of aliphatic hydroxyl groups excluding tert-OH is 1. The Hall–Kier alpha value is -2.40. The van der Waals surface area contributed by atoms with Gasteiger partial charge >= 0.3 is 0 Å². The average Bonchev–Trinajstić information content (AvgIpc) is 3.01. The van der Waals surface area contributed by atoms with E-state index in [1.165, 1.54) is 11.0 Å². The smallest absolute Gasteiger partial charge is 0.250 e. The summed E-state index contributed by atoms with van der Waals surface area (Å²) in [6.07, 6.45) is 2.87. The van der Waals surface area contributed by atoms with Crippen LogP contribution in [0.1, 0.15) is 37.9 Å². The van der Waals surface area contributed by atoms with E-state index in [1.807, 2.05) is 20.8 Å². The molecule has 0 saturated carbocycles. The van der Waals surface area contributed by atoms with Gasteiger partial charge < -0.3 is 9.52 Å². The average molecular weight is 314 g/mol. The molecule has 0 saturated heterocycles. The largest absolute Gasteiger partial charge is 0.447 e. The summed E-state index contributed by atoms with van der Waals surface area (Å²) in [5, 5.41) is 9.27. The molecule has 0 aliphatic heterocycles. The molecule has 122 valence electrons. The Kier molecular flexibility index (Phi) is 5.01. The number of anilines is 1. The lowest BCUT2D eigenvalue weighted by atomic mass is 9.93. The maximum absolute atomic E-state index is 12.2. The Morgan fingerprint density at radius 3 is 2.74 bits per heavy atom. The summed E-state index contributed by atoms with van der Waals surface area (Å²) in [4.78, 5) is 18.2. The topological polar surface area (TPSA) is 66.6 Å². The van der Waals surface area contributed by atoms with E-state index < -0.39 is 0 Å². The van der Waals surface area contributed by atoms with Crippen molar-refractivity contribution in [3.05, 3.63) is 60.3 Å². The molecule has 0 unspecified atom stereocenters. The standard InChI is InChI=1S/C18H22N2O3/c1-5-17(22)20(14-8-6-7-13(9-14)11-21)10-16-19-15(12-23-16)18(2,3)4/h5-9,12,21H,1,10-11H2,2-4H3. The van der Waals surface area contributed by atoms with Crippen molar-refractivity contribution in [1.82, 2.24) is 4.98 Å². The first kappa shape index (κ1) is 17.0. The molecule has 1 N–H and O–H groups in total. The number of carbonyl (C=O) groups excluding carboxylic acids is 1. The molecule has 0 spiro atoms. The monoisotopic (exact) mass is 314 g/mol. The number of carbonyl (C=O) groups is 1. The van der Waals surface area contributed by atoms with Crippen LogP contribution in [0.5, 0.6) is 0 Å². The van der Waals surface area contributed by atoms with E-state index in [-0.39, 0.29) is 24.5 Å². The third kappa shape index (κ3) is 4.07. The van der Waals surface area contributed by atoms with Crippen LogP contribution in [0.2, 0.25) is 0 Å². The zero-order valence-corrected chi connectivity index (χ0v) is 13.7. The van der Waals surface area contributed by atoms with Gasteiger partial charge in [-0.15, -0.1) is 0 Å². The Bertz CT molecular complexity index is 698. The van der Waals surface area contributed by atoms with E-state index in [0.29, 0.717) is 11.6 Å². The summed E-state index contributed by atoms with van der Waals surface area (Å²) >= 11 is 0. The normalized spacial score (nSPS) is 11.3. The van der Waals surface area contributed by atoms with E-state index in [4.69, 9.17) is 4.42 Å². The number of hydrogen-bond acceptors (Lipinski definition) is 4. The number of aliphatic hydroxyl groups is 1. The first-order valence-corrected chi connectivity index (χ1v) is 7.43. The summed E-state index contributed by atoms with van der Waals surface area (Å²) in [5.41, 5.74) is 2.11. The molecule has 23 heavy (non-hydrogen) atoms. The highest BCUT2D eigenvalue weighted by Gasteiger charge is 2.21. The van der Waals surface area contributed by atoms with Gasteiger partial charge in [0.1, 0.15) is 12.8 Å². The number of amides is 1. The van der Waals surface area contributed by atoms with Crippen molar-refractivity contribution < 1.29 is 14.3 Å². The first-order valence-electron chi connectivity index (χ1n) is 7.43. The maximum atomic E-state index is 12.2. The lowest BCUT2D eigenvalue weighted by Gasteiger charge is -2.20. The lowest BCUT2D eigenvalue weighted by Crippen LogP contribution is -2.29. The quantitative estimate of drug-likeness (QED) is 0.861. The Labute approximate surface area is 136 Å². The Balaban J connectivity index is 2.31. The predicted molar refractivity (Wildman–Crippen MR) is 89.0 cm³/mol. The van der Waals surface area contributed by atoms with E-state index >= 15 is 0 Å². The molecule has 0 atom stereocenters. The number of oxazole rings is 1. The molecule has 1 aromatic heterocycles. The van der Waals surface area contributed by atoms with Gasteiger partial charge in [0.2, 0.25) is 5.89 Å². The highest BCUT2D eigenvalue weighted by molar-refractivity contribution is 6.00. The molecule has 0 bridgehead atoms. The van der Waals surface area contributed by atoms with Crippen molar-refractivity contribution in [2.45, 2.75) is 39.3 Å². The van der Waals surface area contributed by atoms with Crippen LogP contribution in [-0.4, -0.2) is 16.0 Å². The third-order valence-corrected chi connectivity index (χ3v) is 3.46. The van der Waals surface area contributed by atoms with E-state index in [9.17, 15) is 9.90 Å². The number of rotatable bonds is 5. The first-order chi connectivity index (χ1) is 10.8. The van der Waals surface area contributed by atoms with Crippen LogP contribution in [0, 0.1) is 0 Å². The Morgan fingerprint density at radius 1 is 1.43 bits per heavy atom. The van der Waals surface area contributed by atoms with Gasteiger partial charge in [-0.2, -0.15) is 0 Å². The van der Waals surface area contributed by atoms with Crippen molar-refractivity contribution in [1.29, 1.82) is 0 Å². The molecule has 0 aliphatic carbocycles. The Morgan fingerprint density at radius 2 is 2.17 bits per heavy atom. The molecule has 5 heteroatoms. The molecule has 5 nitrogen and oxygen atoms in total. The number of benzene rings is 1. The summed E-state index contributed by atoms with van der Waals surface area (Å²) in [6, 6.07) is 7.15. The molecule has 0 aliphatic rings. The summed E-state index contributed by atoms with van der Waals surface area (Å²) < 4.78 is 5.51. The van der Waals surface area contributed by atoms with E-state index in [1.54, 1.807) is 30.5 Å². The molecular weight excluding hydrogens is 292 g/mol. The van der Waals surface area contributed by atoms with Crippen molar-refractivity contribution in [2.75, 3.05) is 4.90 Å². The second-order valence-corrected chi connectivity index (χ2v) is 6.33. The van der Waals surface area contributed by atoms with Gasteiger partial charge in [0, 0.05) is 11.1 Å². The van der Waals surface area contributed by atoms with Crippen LogP contribution < -0.4 is 4.90 Å². The van der Waals surface area contributed by atoms with Crippen molar-refractivity contribution in [2.24, 2.45) is 0 Å². The fourth-order valence-corrected chi connectivity index (χ4v) is 2.09. The van der Waals surface area contributed by atoms with Gasteiger partial charge in [-0.05, 0) is 23.8 Å². The predicted octanol–water partition coefficient (Wildman–Crippen LogP) is 3.18. The van der Waals surface area contributed by atoms with Crippen LogP contribution >= 0.6 is 0 Å². The highest BCUT2D eigenvalue weighted by atomic mass is 16.3. The molecule has 1 aromatic carbocycles. The minimum atomic E-state index is -0.254. The molecule has 2 rings (SSSR count). The van der Waals surface area contributed by atoms with Gasteiger partial charge in [0.25, 0.3) is 5.91 Å². The zero-order chi connectivity index (χ0) is 17.0. The highest BCUT2D eigenvalue weighted by Crippen LogP contribution is 2.23. The van der Waals surface area contributed by atoms with Crippen LogP contribution in [0.15, 0.2) is 47.6 Å². The van der Waals surface area contributed by atoms with Gasteiger partial charge in [0.05, 0.1) is 12.3 Å². The summed E-state index contributed by atoms with van der Waals surface area (Å²) in [5.74, 6) is 0.204. The number of nitrogens with zero attached hydrogens (tertiary/aromatic N) is 2. The second-order valence-electron chi connectivity index (χ2n) is 6.33. The minimum Gasteiger partial charge on any atom is -0.447 e. The third-order valence-electron chi connectivity index (χ3n) is 3.46. The maximum Gasteiger partial charge on any atom is 0.250 e. The van der Waals surface area contributed by atoms with Gasteiger partial charge in [-0.1, -0.05) is 39.5 Å². The number of hydrogen-bond donors (Lipinski definition) is 1. The SMILES string of the molecule is C=CC(=O)N(Cc1nc(C(C)(C)C)co1)c1cccc(CO)c1. The molecule has 2 aromatic rings. The van der Waals surface area contributed by atoms with E-state index in [2.05, 4.69) is 11.6 Å². The van der Waals surface area contributed by atoms with Crippen LogP contribution in [-0.2, 0) is 23.4 Å². The fraction of sp³-hybridized carbons (Fsp3) is 0.333. The molecule has 0 radical (unpaired) electrons. The molecule has 1 amide bonds. The van der Waals surface area contributed by atoms with Crippen molar-refractivity contribution in [3.63, 3.8) is 0 Å². The summed E-state index contributed by atoms with van der Waals surface area (Å²) in [7, 11) is 0. The molecule has 0 fully saturated rings. The van der Waals surface area contributed by atoms with Crippen LogP contribution in [0.4, 0.5) is 5.69 Å². The molecule has 1 heterocycles. The van der Waals surface area contributed by atoms with Gasteiger partial charge in [0.15, 0.2) is 0 Å². The van der Waals surface area contributed by atoms with Crippen LogP contribution in [0.25, 0.3) is 0 Å². The van der Waals surface area contributed by atoms with Gasteiger partial charge in [-0.3, -0.25) is 9.69 Å². The zero-order valence-electron chi connectivity index (χ0n) is 13.7. The van der Waals surface area contributed by atoms with Crippen molar-refractivity contribution in [3.8, 4) is 0 Å². The van der Waals surface area contributed by atoms with Crippen molar-refractivity contribution >= 4 is 11.6 Å². The molecular formula is C18H22N2O3. The van der Waals surface area contributed by atoms with Gasteiger partial charge in [-0.25, -0.2) is 4.98 Å². The van der Waals surface area contributed by atoms with Crippen LogP contribution in [0.3, 0.4) is 0 Å². The summed E-state index contributed by atoms with van der Waals surface area (Å²) in [6.45, 7) is 9.80. The fourth-order valence-electron chi connectivity index (χ4n) is 2.09.